The lowest BCUT2D eigenvalue weighted by Gasteiger charge is -2.14. The first-order chi connectivity index (χ1) is 9.51. The summed E-state index contributed by atoms with van der Waals surface area (Å²) in [7, 11) is 1.64. The molecule has 0 aliphatic rings. The maximum absolute atomic E-state index is 5.99. The van der Waals surface area contributed by atoms with E-state index in [1.807, 2.05) is 37.3 Å². The minimum Gasteiger partial charge on any atom is -0.496 e. The molecule has 5 heteroatoms. The number of nitrogens with two attached hydrogens (primary N) is 1. The van der Waals surface area contributed by atoms with Crippen molar-refractivity contribution in [1.29, 1.82) is 0 Å². The van der Waals surface area contributed by atoms with Gasteiger partial charge in [0.15, 0.2) is 0 Å². The van der Waals surface area contributed by atoms with Gasteiger partial charge in [0, 0.05) is 14.5 Å². The summed E-state index contributed by atoms with van der Waals surface area (Å²) in [5.41, 5.74) is 8.56. The Morgan fingerprint density at radius 2 is 1.85 bits per heavy atom. The van der Waals surface area contributed by atoms with E-state index in [9.17, 15) is 0 Å². The molecule has 0 radical (unpaired) electrons. The van der Waals surface area contributed by atoms with E-state index in [1.54, 1.807) is 7.11 Å². The van der Waals surface area contributed by atoms with Crippen LogP contribution in [0.5, 0.6) is 11.5 Å². The number of hydrogen-bond acceptors (Lipinski definition) is 3. The highest BCUT2D eigenvalue weighted by molar-refractivity contribution is 9.10. The minimum absolute atomic E-state index is 0.398. The van der Waals surface area contributed by atoms with Crippen molar-refractivity contribution in [1.82, 2.24) is 0 Å². The Balaban J connectivity index is 2.23. The Bertz CT molecular complexity index is 606. The Hall–Kier alpha value is -1.20. The SMILES string of the molecule is COc1ccc(Br)cc1COc1c(C)cc(Br)cc1N. The molecule has 0 aromatic heterocycles. The summed E-state index contributed by atoms with van der Waals surface area (Å²) in [5.74, 6) is 1.50. The molecule has 0 amide bonds. The zero-order chi connectivity index (χ0) is 14.7. The number of ether oxygens (including phenoxy) is 2. The van der Waals surface area contributed by atoms with Crippen LogP contribution in [0.25, 0.3) is 0 Å². The van der Waals surface area contributed by atoms with Crippen LogP contribution >= 0.6 is 31.9 Å². The van der Waals surface area contributed by atoms with Crippen LogP contribution in [0.3, 0.4) is 0 Å². The third-order valence-corrected chi connectivity index (χ3v) is 3.83. The maximum atomic E-state index is 5.99. The summed E-state index contributed by atoms with van der Waals surface area (Å²) in [5, 5.41) is 0. The van der Waals surface area contributed by atoms with Crippen LogP contribution in [-0.4, -0.2) is 7.11 Å². The molecule has 0 atom stereocenters. The van der Waals surface area contributed by atoms with Gasteiger partial charge in [-0.1, -0.05) is 31.9 Å². The molecular weight excluding hydrogens is 386 g/mol. The van der Waals surface area contributed by atoms with Crippen LogP contribution in [0.4, 0.5) is 5.69 Å². The van der Waals surface area contributed by atoms with Crippen molar-refractivity contribution in [3.8, 4) is 11.5 Å². The number of anilines is 1. The Morgan fingerprint density at radius 1 is 1.10 bits per heavy atom. The molecule has 20 heavy (non-hydrogen) atoms. The molecule has 0 saturated carbocycles. The van der Waals surface area contributed by atoms with Gasteiger partial charge in [0.05, 0.1) is 12.8 Å². The molecule has 0 spiro atoms. The highest BCUT2D eigenvalue weighted by Crippen LogP contribution is 2.32. The molecule has 106 valence electrons. The molecule has 2 rings (SSSR count). The summed E-state index contributed by atoms with van der Waals surface area (Å²) in [4.78, 5) is 0. The lowest BCUT2D eigenvalue weighted by molar-refractivity contribution is 0.296. The number of halogens is 2. The number of benzene rings is 2. The monoisotopic (exact) mass is 399 g/mol. The number of methoxy groups -OCH3 is 1. The van der Waals surface area contributed by atoms with Crippen LogP contribution in [0, 0.1) is 6.92 Å². The van der Waals surface area contributed by atoms with E-state index in [0.29, 0.717) is 18.0 Å². The van der Waals surface area contributed by atoms with Crippen molar-refractivity contribution in [2.45, 2.75) is 13.5 Å². The molecule has 0 unspecified atom stereocenters. The van der Waals surface area contributed by atoms with Gasteiger partial charge in [-0.25, -0.2) is 0 Å². The Labute approximate surface area is 135 Å². The predicted molar refractivity (Wildman–Crippen MR) is 88.3 cm³/mol. The first-order valence-corrected chi connectivity index (χ1v) is 7.60. The Morgan fingerprint density at radius 3 is 2.50 bits per heavy atom. The van der Waals surface area contributed by atoms with E-state index >= 15 is 0 Å². The Kier molecular flexibility index (Phi) is 4.94. The van der Waals surface area contributed by atoms with Gasteiger partial charge in [0.25, 0.3) is 0 Å². The molecule has 2 aromatic rings. The summed E-state index contributed by atoms with van der Waals surface area (Å²) in [6, 6.07) is 9.62. The molecular formula is C15H15Br2NO2. The maximum Gasteiger partial charge on any atom is 0.145 e. The molecule has 0 aliphatic heterocycles. The molecule has 0 fully saturated rings. The third-order valence-electron chi connectivity index (χ3n) is 2.88. The van der Waals surface area contributed by atoms with Crippen molar-refractivity contribution in [2.24, 2.45) is 0 Å². The van der Waals surface area contributed by atoms with Crippen LogP contribution in [0.1, 0.15) is 11.1 Å². The minimum atomic E-state index is 0.398. The van der Waals surface area contributed by atoms with Gasteiger partial charge in [0.2, 0.25) is 0 Å². The third kappa shape index (κ3) is 3.46. The normalized spacial score (nSPS) is 10.4. The van der Waals surface area contributed by atoms with E-state index < -0.39 is 0 Å². The fourth-order valence-electron chi connectivity index (χ4n) is 1.96. The first-order valence-electron chi connectivity index (χ1n) is 6.02. The summed E-state index contributed by atoms with van der Waals surface area (Å²) in [6.07, 6.45) is 0. The van der Waals surface area contributed by atoms with Crippen LogP contribution in [-0.2, 0) is 6.61 Å². The smallest absolute Gasteiger partial charge is 0.145 e. The molecule has 0 aliphatic carbocycles. The second kappa shape index (κ2) is 6.50. The van der Waals surface area contributed by atoms with E-state index in [2.05, 4.69) is 31.9 Å². The van der Waals surface area contributed by atoms with E-state index in [1.165, 1.54) is 0 Å². The molecule has 2 aromatic carbocycles. The van der Waals surface area contributed by atoms with Crippen molar-refractivity contribution in [3.05, 3.63) is 50.4 Å². The van der Waals surface area contributed by atoms with Crippen molar-refractivity contribution in [2.75, 3.05) is 12.8 Å². The van der Waals surface area contributed by atoms with Gasteiger partial charge in [-0.05, 0) is 42.8 Å². The van der Waals surface area contributed by atoms with Gasteiger partial charge in [0.1, 0.15) is 18.1 Å². The standard InChI is InChI=1S/C15H15Br2NO2/c1-9-5-12(17)7-13(18)15(9)20-8-10-6-11(16)3-4-14(10)19-2/h3-7H,8,18H2,1-2H3. The summed E-state index contributed by atoms with van der Waals surface area (Å²) in [6.45, 7) is 2.36. The van der Waals surface area contributed by atoms with Gasteiger partial charge < -0.3 is 15.2 Å². The largest absolute Gasteiger partial charge is 0.496 e. The highest BCUT2D eigenvalue weighted by Gasteiger charge is 2.09. The zero-order valence-corrected chi connectivity index (χ0v) is 14.4. The fourth-order valence-corrected chi connectivity index (χ4v) is 2.96. The number of nitrogen functional groups attached to an aromatic ring is 1. The van der Waals surface area contributed by atoms with E-state index in [-0.39, 0.29) is 0 Å². The van der Waals surface area contributed by atoms with Gasteiger partial charge in [-0.15, -0.1) is 0 Å². The lowest BCUT2D eigenvalue weighted by Crippen LogP contribution is -2.02. The summed E-state index contributed by atoms with van der Waals surface area (Å²) < 4.78 is 13.1. The predicted octanol–water partition coefficient (Wildman–Crippen LogP) is 4.69. The van der Waals surface area contributed by atoms with Crippen LogP contribution < -0.4 is 15.2 Å². The first kappa shape index (κ1) is 15.2. The molecule has 0 heterocycles. The van der Waals surface area contributed by atoms with E-state index in [0.717, 1.165) is 25.8 Å². The molecule has 0 bridgehead atoms. The van der Waals surface area contributed by atoms with E-state index in [4.69, 9.17) is 15.2 Å². The van der Waals surface area contributed by atoms with Crippen molar-refractivity contribution in [3.63, 3.8) is 0 Å². The number of rotatable bonds is 4. The summed E-state index contributed by atoms with van der Waals surface area (Å²) >= 11 is 6.86. The molecule has 3 nitrogen and oxygen atoms in total. The number of aryl methyl sites for hydroxylation is 1. The van der Waals surface area contributed by atoms with Crippen LogP contribution in [0.2, 0.25) is 0 Å². The van der Waals surface area contributed by atoms with Gasteiger partial charge >= 0.3 is 0 Å². The molecule has 2 N–H and O–H groups in total. The van der Waals surface area contributed by atoms with Crippen molar-refractivity contribution >= 4 is 37.5 Å². The lowest BCUT2D eigenvalue weighted by atomic mass is 10.2. The average Bonchev–Trinajstić information content (AvgIpc) is 2.37. The quantitative estimate of drug-likeness (QED) is 0.757. The molecule has 0 saturated heterocycles. The van der Waals surface area contributed by atoms with Gasteiger partial charge in [-0.2, -0.15) is 0 Å². The van der Waals surface area contributed by atoms with Gasteiger partial charge in [-0.3, -0.25) is 0 Å². The topological polar surface area (TPSA) is 44.5 Å². The van der Waals surface area contributed by atoms with Crippen molar-refractivity contribution < 1.29 is 9.47 Å². The number of hydrogen-bond donors (Lipinski definition) is 1. The van der Waals surface area contributed by atoms with Crippen LogP contribution in [0.15, 0.2) is 39.3 Å². The second-order valence-electron chi connectivity index (χ2n) is 4.39. The zero-order valence-electron chi connectivity index (χ0n) is 11.2. The highest BCUT2D eigenvalue weighted by atomic mass is 79.9. The average molecular weight is 401 g/mol. The fraction of sp³-hybridized carbons (Fsp3) is 0.200. The second-order valence-corrected chi connectivity index (χ2v) is 6.22.